The van der Waals surface area contributed by atoms with E-state index in [1.165, 1.54) is 6.07 Å². The number of benzene rings is 2. The molecule has 8 heteroatoms. The van der Waals surface area contributed by atoms with Crippen LogP contribution in [0.5, 0.6) is 0 Å². The molecule has 1 fully saturated rings. The number of hydrogen-bond acceptors (Lipinski definition) is 4. The summed E-state index contributed by atoms with van der Waals surface area (Å²) in [5.74, 6) is 0. The number of carbonyl (C=O) groups excluding carboxylic acids is 1. The molecular formula is C18H19ClN4O3. The predicted octanol–water partition coefficient (Wildman–Crippen LogP) is 3.91. The zero-order valence-electron chi connectivity index (χ0n) is 14.3. The van der Waals surface area contributed by atoms with Gasteiger partial charge in [0.2, 0.25) is 0 Å². The van der Waals surface area contributed by atoms with Crippen LogP contribution < -0.4 is 10.2 Å². The normalized spacial score (nSPS) is 14.2. The van der Waals surface area contributed by atoms with Gasteiger partial charge in [0.1, 0.15) is 5.69 Å². The number of nitrogens with one attached hydrogen (secondary N) is 1. The summed E-state index contributed by atoms with van der Waals surface area (Å²) in [6, 6.07) is 12.1. The highest BCUT2D eigenvalue weighted by Crippen LogP contribution is 2.31. The van der Waals surface area contributed by atoms with Gasteiger partial charge in [-0.15, -0.1) is 0 Å². The third kappa shape index (κ3) is 4.05. The van der Waals surface area contributed by atoms with E-state index < -0.39 is 4.92 Å². The monoisotopic (exact) mass is 374 g/mol. The van der Waals surface area contributed by atoms with Crippen LogP contribution in [-0.4, -0.2) is 42.0 Å². The number of nitrogens with zero attached hydrogens (tertiary/aromatic N) is 3. The van der Waals surface area contributed by atoms with Crippen molar-refractivity contribution in [2.75, 3.05) is 36.4 Å². The van der Waals surface area contributed by atoms with E-state index >= 15 is 0 Å². The van der Waals surface area contributed by atoms with E-state index in [0.717, 1.165) is 11.3 Å². The van der Waals surface area contributed by atoms with Crippen molar-refractivity contribution in [2.24, 2.45) is 0 Å². The first-order chi connectivity index (χ1) is 12.4. The molecule has 1 N–H and O–H groups in total. The fourth-order valence-electron chi connectivity index (χ4n) is 2.90. The van der Waals surface area contributed by atoms with E-state index in [1.54, 1.807) is 17.0 Å². The van der Waals surface area contributed by atoms with Gasteiger partial charge >= 0.3 is 6.03 Å². The van der Waals surface area contributed by atoms with Gasteiger partial charge in [0, 0.05) is 43.0 Å². The second-order valence-electron chi connectivity index (χ2n) is 6.16. The van der Waals surface area contributed by atoms with E-state index in [-0.39, 0.29) is 11.7 Å². The second kappa shape index (κ2) is 7.61. The number of halogens is 1. The predicted molar refractivity (Wildman–Crippen MR) is 102 cm³/mol. The first kappa shape index (κ1) is 18.0. The molecular weight excluding hydrogens is 356 g/mol. The Balaban J connectivity index is 1.63. The quantitative estimate of drug-likeness (QED) is 0.652. The number of aryl methyl sites for hydroxylation is 1. The van der Waals surface area contributed by atoms with Gasteiger partial charge in [0.05, 0.1) is 4.92 Å². The Morgan fingerprint density at radius 2 is 1.77 bits per heavy atom. The lowest BCUT2D eigenvalue weighted by Crippen LogP contribution is -2.50. The number of hydrogen-bond donors (Lipinski definition) is 1. The highest BCUT2D eigenvalue weighted by molar-refractivity contribution is 6.30. The summed E-state index contributed by atoms with van der Waals surface area (Å²) in [6.45, 7) is 3.99. The lowest BCUT2D eigenvalue weighted by Gasteiger charge is -2.35. The smallest absolute Gasteiger partial charge is 0.321 e. The van der Waals surface area contributed by atoms with Gasteiger partial charge in [-0.05, 0) is 31.2 Å². The lowest BCUT2D eigenvalue weighted by atomic mass is 10.2. The Hall–Kier alpha value is -2.80. The average molecular weight is 375 g/mol. The van der Waals surface area contributed by atoms with E-state index in [0.29, 0.717) is 36.9 Å². The summed E-state index contributed by atoms with van der Waals surface area (Å²) in [6.07, 6.45) is 0. The van der Waals surface area contributed by atoms with Gasteiger partial charge in [0.15, 0.2) is 0 Å². The first-order valence-electron chi connectivity index (χ1n) is 8.25. The number of nitro groups is 1. The Kier molecular flexibility index (Phi) is 5.27. The zero-order chi connectivity index (χ0) is 18.7. The topological polar surface area (TPSA) is 78.7 Å². The first-order valence-corrected chi connectivity index (χ1v) is 8.63. The number of rotatable bonds is 3. The van der Waals surface area contributed by atoms with E-state index in [2.05, 4.69) is 5.32 Å². The van der Waals surface area contributed by atoms with Crippen LogP contribution in [0.2, 0.25) is 5.02 Å². The highest BCUT2D eigenvalue weighted by atomic mass is 35.5. The summed E-state index contributed by atoms with van der Waals surface area (Å²) in [7, 11) is 0. The van der Waals surface area contributed by atoms with Crippen molar-refractivity contribution in [2.45, 2.75) is 6.92 Å². The van der Waals surface area contributed by atoms with Crippen LogP contribution in [-0.2, 0) is 0 Å². The fraction of sp³-hybridized carbons (Fsp3) is 0.278. The van der Waals surface area contributed by atoms with Crippen LogP contribution in [0.1, 0.15) is 5.56 Å². The summed E-state index contributed by atoms with van der Waals surface area (Å²) in [5, 5.41) is 14.5. The van der Waals surface area contributed by atoms with Crippen LogP contribution >= 0.6 is 11.6 Å². The summed E-state index contributed by atoms with van der Waals surface area (Å²) >= 11 is 5.87. The largest absolute Gasteiger partial charge is 0.362 e. The maximum atomic E-state index is 12.4. The van der Waals surface area contributed by atoms with E-state index in [9.17, 15) is 14.9 Å². The van der Waals surface area contributed by atoms with E-state index in [4.69, 9.17) is 11.6 Å². The van der Waals surface area contributed by atoms with Crippen LogP contribution in [0.3, 0.4) is 0 Å². The summed E-state index contributed by atoms with van der Waals surface area (Å²) in [4.78, 5) is 26.8. The average Bonchev–Trinajstić information content (AvgIpc) is 2.63. The molecule has 0 aromatic heterocycles. The van der Waals surface area contributed by atoms with Crippen molar-refractivity contribution in [3.05, 3.63) is 63.2 Å². The minimum absolute atomic E-state index is 0.0185. The Bertz CT molecular complexity index is 818. The molecule has 3 rings (SSSR count). The van der Waals surface area contributed by atoms with Crippen LogP contribution in [0.4, 0.5) is 21.9 Å². The lowest BCUT2D eigenvalue weighted by molar-refractivity contribution is -0.384. The van der Waals surface area contributed by atoms with Crippen molar-refractivity contribution in [1.82, 2.24) is 4.90 Å². The Morgan fingerprint density at radius 1 is 1.12 bits per heavy atom. The van der Waals surface area contributed by atoms with Gasteiger partial charge in [0.25, 0.3) is 5.69 Å². The fourth-order valence-corrected chi connectivity index (χ4v) is 3.07. The van der Waals surface area contributed by atoms with Gasteiger partial charge < -0.3 is 15.1 Å². The van der Waals surface area contributed by atoms with Gasteiger partial charge in [-0.1, -0.05) is 29.3 Å². The Labute approximate surface area is 156 Å². The molecule has 0 spiro atoms. The summed E-state index contributed by atoms with van der Waals surface area (Å²) < 4.78 is 0. The second-order valence-corrected chi connectivity index (χ2v) is 6.60. The SMILES string of the molecule is Cc1ccc(NC(=O)N2CCN(c3ccc(Cl)cc3[N+](=O)[O-])CC2)cc1. The maximum absolute atomic E-state index is 12.4. The molecule has 0 bridgehead atoms. The molecule has 2 amide bonds. The number of nitro benzene ring substituents is 1. The number of amides is 2. The standard InChI is InChI=1S/C18H19ClN4O3/c1-13-2-5-15(6-3-13)20-18(24)22-10-8-21(9-11-22)16-7-4-14(19)12-17(16)23(25)26/h2-7,12H,8-11H2,1H3,(H,20,24). The van der Waals surface area contributed by atoms with Crippen molar-refractivity contribution < 1.29 is 9.72 Å². The molecule has 0 aliphatic carbocycles. The van der Waals surface area contributed by atoms with Crippen molar-refractivity contribution in [3.8, 4) is 0 Å². The molecule has 7 nitrogen and oxygen atoms in total. The van der Waals surface area contributed by atoms with Crippen molar-refractivity contribution in [3.63, 3.8) is 0 Å². The maximum Gasteiger partial charge on any atom is 0.321 e. The Morgan fingerprint density at radius 3 is 2.38 bits per heavy atom. The molecule has 1 heterocycles. The van der Waals surface area contributed by atoms with Gasteiger partial charge in [-0.25, -0.2) is 4.79 Å². The molecule has 1 saturated heterocycles. The summed E-state index contributed by atoms with van der Waals surface area (Å²) in [5.41, 5.74) is 2.38. The zero-order valence-corrected chi connectivity index (χ0v) is 15.1. The van der Waals surface area contributed by atoms with Crippen LogP contribution in [0.15, 0.2) is 42.5 Å². The molecule has 136 valence electrons. The van der Waals surface area contributed by atoms with Crippen molar-refractivity contribution >= 4 is 34.7 Å². The molecule has 1 aliphatic rings. The molecule has 2 aromatic carbocycles. The molecule has 26 heavy (non-hydrogen) atoms. The minimum Gasteiger partial charge on any atom is -0.362 e. The van der Waals surface area contributed by atoms with Crippen LogP contribution in [0.25, 0.3) is 0 Å². The number of carbonyl (C=O) groups is 1. The van der Waals surface area contributed by atoms with Gasteiger partial charge in [-0.2, -0.15) is 0 Å². The number of piperazine rings is 1. The molecule has 0 radical (unpaired) electrons. The van der Waals surface area contributed by atoms with Crippen LogP contribution in [0, 0.1) is 17.0 Å². The van der Waals surface area contributed by atoms with Crippen molar-refractivity contribution in [1.29, 1.82) is 0 Å². The molecule has 0 unspecified atom stereocenters. The molecule has 0 atom stereocenters. The minimum atomic E-state index is -0.433. The third-order valence-corrected chi connectivity index (χ3v) is 4.58. The molecule has 0 saturated carbocycles. The number of urea groups is 1. The molecule has 2 aromatic rings. The van der Waals surface area contributed by atoms with Gasteiger partial charge in [-0.3, -0.25) is 10.1 Å². The molecule has 1 aliphatic heterocycles. The third-order valence-electron chi connectivity index (χ3n) is 4.34. The number of anilines is 2. The van der Waals surface area contributed by atoms with E-state index in [1.807, 2.05) is 36.1 Å². The highest BCUT2D eigenvalue weighted by Gasteiger charge is 2.26.